The van der Waals surface area contributed by atoms with E-state index < -0.39 is 53.5 Å². The van der Waals surface area contributed by atoms with E-state index in [1.54, 1.807) is 41.5 Å². The second kappa shape index (κ2) is 9.18. The van der Waals surface area contributed by atoms with Crippen LogP contribution in [0, 0.1) is 0 Å². The van der Waals surface area contributed by atoms with Crippen molar-refractivity contribution in [1.29, 1.82) is 0 Å². The number of hydrogen-bond acceptors (Lipinski definition) is 7. The van der Waals surface area contributed by atoms with Crippen LogP contribution in [0.1, 0.15) is 55.4 Å². The molecule has 2 unspecified atom stereocenters. The van der Waals surface area contributed by atoms with Crippen molar-refractivity contribution in [2.75, 3.05) is 0 Å². The molecule has 0 bridgehead atoms. The van der Waals surface area contributed by atoms with Crippen molar-refractivity contribution in [3.05, 3.63) is 0 Å². The van der Waals surface area contributed by atoms with Crippen LogP contribution in [0.2, 0.25) is 0 Å². The van der Waals surface area contributed by atoms with E-state index in [-0.39, 0.29) is 0 Å². The number of carbonyl (C=O) groups excluding carboxylic acids is 3. The summed E-state index contributed by atoms with van der Waals surface area (Å²) < 4.78 is 10.2. The Balaban J connectivity index is 5.16. The molecule has 0 aromatic carbocycles. The van der Waals surface area contributed by atoms with E-state index in [1.807, 2.05) is 0 Å². The van der Waals surface area contributed by atoms with Crippen LogP contribution in [0.5, 0.6) is 0 Å². The molecule has 9 heteroatoms. The van der Waals surface area contributed by atoms with Crippen LogP contribution in [0.15, 0.2) is 0 Å². The van der Waals surface area contributed by atoms with Crippen LogP contribution in [0.4, 0.5) is 4.79 Å². The van der Waals surface area contributed by atoms with Crippen molar-refractivity contribution in [2.45, 2.75) is 90.9 Å². The van der Waals surface area contributed by atoms with E-state index in [1.165, 1.54) is 13.8 Å². The molecule has 0 heterocycles. The SMILES string of the molecule is CC(O)[C@H](NC(=O)OC(C)(C)C)C(=O)N[C@H](C(=O)OC(C)(C)C)C(C)O. The van der Waals surface area contributed by atoms with Gasteiger partial charge >= 0.3 is 12.1 Å². The Hall–Kier alpha value is -1.87. The molecule has 0 fully saturated rings. The molecule has 9 nitrogen and oxygen atoms in total. The zero-order valence-electron chi connectivity index (χ0n) is 16.7. The van der Waals surface area contributed by atoms with Gasteiger partial charge in [-0.25, -0.2) is 9.59 Å². The van der Waals surface area contributed by atoms with Crippen LogP contribution < -0.4 is 10.6 Å². The van der Waals surface area contributed by atoms with Gasteiger partial charge in [-0.1, -0.05) is 0 Å². The van der Waals surface area contributed by atoms with Crippen LogP contribution >= 0.6 is 0 Å². The minimum absolute atomic E-state index is 0.789. The molecule has 0 spiro atoms. The van der Waals surface area contributed by atoms with E-state index in [2.05, 4.69) is 10.6 Å². The fourth-order valence-electron chi connectivity index (χ4n) is 1.82. The Morgan fingerprint density at radius 3 is 1.54 bits per heavy atom. The van der Waals surface area contributed by atoms with E-state index in [4.69, 9.17) is 9.47 Å². The quantitative estimate of drug-likeness (QED) is 0.495. The van der Waals surface area contributed by atoms with Gasteiger partial charge in [-0.2, -0.15) is 0 Å². The summed E-state index contributed by atoms with van der Waals surface area (Å²) in [6.07, 6.45) is -3.41. The highest BCUT2D eigenvalue weighted by molar-refractivity contribution is 5.90. The fourth-order valence-corrected chi connectivity index (χ4v) is 1.82. The van der Waals surface area contributed by atoms with Crippen molar-refractivity contribution in [1.82, 2.24) is 10.6 Å². The number of esters is 1. The molecule has 26 heavy (non-hydrogen) atoms. The van der Waals surface area contributed by atoms with Gasteiger partial charge in [0.15, 0.2) is 6.04 Å². The highest BCUT2D eigenvalue weighted by Crippen LogP contribution is 2.11. The van der Waals surface area contributed by atoms with E-state index in [0.717, 1.165) is 0 Å². The Bertz CT molecular complexity index is 504. The van der Waals surface area contributed by atoms with Gasteiger partial charge in [0.05, 0.1) is 12.2 Å². The average molecular weight is 376 g/mol. The number of rotatable bonds is 6. The maximum Gasteiger partial charge on any atom is 0.408 e. The molecule has 2 amide bonds. The summed E-state index contributed by atoms with van der Waals surface area (Å²) in [7, 11) is 0. The molecule has 4 atom stereocenters. The Morgan fingerprint density at radius 1 is 0.769 bits per heavy atom. The molecule has 0 aliphatic carbocycles. The molecule has 152 valence electrons. The molecule has 0 aromatic rings. The second-order valence-corrected chi connectivity index (χ2v) is 8.12. The zero-order chi connectivity index (χ0) is 20.9. The van der Waals surface area contributed by atoms with Gasteiger partial charge in [-0.15, -0.1) is 0 Å². The van der Waals surface area contributed by atoms with Gasteiger partial charge in [-0.3, -0.25) is 4.79 Å². The third-order valence-corrected chi connectivity index (χ3v) is 2.88. The lowest BCUT2D eigenvalue weighted by atomic mass is 10.1. The predicted octanol–water partition coefficient (Wildman–Crippen LogP) is 0.468. The first-order chi connectivity index (χ1) is 11.5. The molecule has 4 N–H and O–H groups in total. The van der Waals surface area contributed by atoms with Crippen LogP contribution in [0.3, 0.4) is 0 Å². The van der Waals surface area contributed by atoms with Crippen molar-refractivity contribution in [3.8, 4) is 0 Å². The topological polar surface area (TPSA) is 134 Å². The van der Waals surface area contributed by atoms with Crippen LogP contribution in [0.25, 0.3) is 0 Å². The molecular formula is C17H32N2O7. The summed E-state index contributed by atoms with van der Waals surface area (Å²) in [6.45, 7) is 12.5. The highest BCUT2D eigenvalue weighted by Gasteiger charge is 2.35. The first-order valence-electron chi connectivity index (χ1n) is 8.42. The maximum absolute atomic E-state index is 12.4. The summed E-state index contributed by atoms with van der Waals surface area (Å²) in [6, 6.07) is -2.74. The lowest BCUT2D eigenvalue weighted by Gasteiger charge is -2.28. The smallest absolute Gasteiger partial charge is 0.408 e. The van der Waals surface area contributed by atoms with Crippen LogP contribution in [-0.2, 0) is 19.1 Å². The van der Waals surface area contributed by atoms with Crippen molar-refractivity contribution < 1.29 is 34.1 Å². The minimum atomic E-state index is -1.38. The third-order valence-electron chi connectivity index (χ3n) is 2.88. The number of hydrogen-bond donors (Lipinski definition) is 4. The number of aliphatic hydroxyl groups is 2. The lowest BCUT2D eigenvalue weighted by molar-refractivity contribution is -0.161. The van der Waals surface area contributed by atoms with Gasteiger partial charge in [0.1, 0.15) is 17.2 Å². The summed E-state index contributed by atoms with van der Waals surface area (Å²) >= 11 is 0. The standard InChI is InChI=1S/C17H32N2O7/c1-9(20)11(19-15(24)26-17(6,7)8)13(22)18-12(10(2)21)14(23)25-16(3,4)5/h9-12,20-21H,1-8H3,(H,18,22)(H,19,24)/t9?,10?,11-,12-/m0/s1. The lowest BCUT2D eigenvalue weighted by Crippen LogP contribution is -2.58. The van der Waals surface area contributed by atoms with E-state index >= 15 is 0 Å². The molecule has 0 radical (unpaired) electrons. The second-order valence-electron chi connectivity index (χ2n) is 8.12. The summed E-state index contributed by atoms with van der Waals surface area (Å²) in [5.41, 5.74) is -1.60. The van der Waals surface area contributed by atoms with Gasteiger partial charge in [0.2, 0.25) is 5.91 Å². The number of amides is 2. The molecule has 0 aliphatic rings. The number of aliphatic hydroxyl groups excluding tert-OH is 2. The van der Waals surface area contributed by atoms with Crippen molar-refractivity contribution >= 4 is 18.0 Å². The molecule has 0 rings (SSSR count). The van der Waals surface area contributed by atoms with Gasteiger partial charge < -0.3 is 30.3 Å². The zero-order valence-corrected chi connectivity index (χ0v) is 16.7. The molecule has 0 saturated heterocycles. The van der Waals surface area contributed by atoms with E-state index in [0.29, 0.717) is 0 Å². The Kier molecular flexibility index (Phi) is 8.52. The van der Waals surface area contributed by atoms with Crippen molar-refractivity contribution in [3.63, 3.8) is 0 Å². The molecule has 0 saturated carbocycles. The molecule has 0 aliphatic heterocycles. The molecular weight excluding hydrogens is 344 g/mol. The number of carbonyl (C=O) groups is 3. The predicted molar refractivity (Wildman–Crippen MR) is 94.3 cm³/mol. The maximum atomic E-state index is 12.4. The van der Waals surface area contributed by atoms with E-state index in [9.17, 15) is 24.6 Å². The number of nitrogens with one attached hydrogen (secondary N) is 2. The normalized spacial score (nSPS) is 16.7. The summed E-state index contributed by atoms with van der Waals surface area (Å²) in [5.74, 6) is -1.69. The number of ether oxygens (including phenoxy) is 2. The Labute approximate surface area is 154 Å². The first-order valence-corrected chi connectivity index (χ1v) is 8.42. The van der Waals surface area contributed by atoms with Gasteiger partial charge in [0.25, 0.3) is 0 Å². The number of alkyl carbamates (subject to hydrolysis) is 1. The van der Waals surface area contributed by atoms with Gasteiger partial charge in [-0.05, 0) is 55.4 Å². The summed E-state index contributed by atoms with van der Waals surface area (Å²) in [5, 5.41) is 24.1. The fraction of sp³-hybridized carbons (Fsp3) is 0.824. The largest absolute Gasteiger partial charge is 0.458 e. The monoisotopic (exact) mass is 376 g/mol. The molecule has 0 aromatic heterocycles. The van der Waals surface area contributed by atoms with Crippen molar-refractivity contribution in [2.24, 2.45) is 0 Å². The Morgan fingerprint density at radius 2 is 1.19 bits per heavy atom. The summed E-state index contributed by atoms with van der Waals surface area (Å²) in [4.78, 5) is 36.4. The minimum Gasteiger partial charge on any atom is -0.458 e. The van der Waals surface area contributed by atoms with Crippen LogP contribution in [-0.4, -0.2) is 63.7 Å². The highest BCUT2D eigenvalue weighted by atomic mass is 16.6. The third kappa shape index (κ3) is 9.57. The van der Waals surface area contributed by atoms with Gasteiger partial charge in [0, 0.05) is 0 Å². The average Bonchev–Trinajstić information content (AvgIpc) is 2.36. The first kappa shape index (κ1) is 24.1.